The van der Waals surface area contributed by atoms with Gasteiger partial charge in [0.25, 0.3) is 0 Å². The number of hydrogen-bond acceptors (Lipinski definition) is 3. The van der Waals surface area contributed by atoms with Gasteiger partial charge in [-0.1, -0.05) is 41.9 Å². The summed E-state index contributed by atoms with van der Waals surface area (Å²) in [6.45, 7) is 0.483. The molecular weight excluding hydrogens is 212 g/mol. The van der Waals surface area contributed by atoms with Crippen molar-refractivity contribution in [2.45, 2.75) is 6.61 Å². The first kappa shape index (κ1) is 9.93. The van der Waals surface area contributed by atoms with Crippen LogP contribution in [-0.2, 0) is 6.61 Å². The number of halogens is 1. The third-order valence-corrected chi connectivity index (χ3v) is 2.02. The van der Waals surface area contributed by atoms with E-state index in [1.165, 1.54) is 12.4 Å². The van der Waals surface area contributed by atoms with Crippen molar-refractivity contribution in [1.29, 1.82) is 0 Å². The Labute approximate surface area is 92.7 Å². The number of hydrogen-bond donors (Lipinski definition) is 0. The summed E-state index contributed by atoms with van der Waals surface area (Å²) in [4.78, 5) is 7.85. The zero-order valence-corrected chi connectivity index (χ0v) is 8.69. The fourth-order valence-corrected chi connectivity index (χ4v) is 1.20. The van der Waals surface area contributed by atoms with E-state index in [9.17, 15) is 0 Å². The van der Waals surface area contributed by atoms with Crippen LogP contribution in [-0.4, -0.2) is 9.97 Å². The molecule has 0 bridgehead atoms. The Bertz CT molecular complexity index is 416. The molecule has 0 radical (unpaired) electrons. The summed E-state index contributed by atoms with van der Waals surface area (Å²) >= 11 is 5.60. The maximum absolute atomic E-state index is 5.60. The zero-order valence-electron chi connectivity index (χ0n) is 7.93. The smallest absolute Gasteiger partial charge is 0.232 e. The van der Waals surface area contributed by atoms with Crippen LogP contribution < -0.4 is 4.74 Å². The SMILES string of the molecule is Clc1cnc(OCc2ccccc2)cn1. The van der Waals surface area contributed by atoms with Gasteiger partial charge < -0.3 is 4.74 Å². The predicted octanol–water partition coefficient (Wildman–Crippen LogP) is 2.71. The Balaban J connectivity index is 1.96. The van der Waals surface area contributed by atoms with Gasteiger partial charge in [0, 0.05) is 0 Å². The summed E-state index contributed by atoms with van der Waals surface area (Å²) in [5, 5.41) is 0.363. The van der Waals surface area contributed by atoms with Gasteiger partial charge in [-0.25, -0.2) is 9.97 Å². The highest BCUT2D eigenvalue weighted by molar-refractivity contribution is 6.29. The minimum Gasteiger partial charge on any atom is -0.472 e. The molecule has 0 fully saturated rings. The molecule has 0 aliphatic rings. The van der Waals surface area contributed by atoms with E-state index in [1.54, 1.807) is 0 Å². The Kier molecular flexibility index (Phi) is 3.15. The number of ether oxygens (including phenoxy) is 1. The van der Waals surface area contributed by atoms with Crippen molar-refractivity contribution in [2.75, 3.05) is 0 Å². The van der Waals surface area contributed by atoms with Crippen LogP contribution in [0.2, 0.25) is 5.15 Å². The van der Waals surface area contributed by atoms with Crippen LogP contribution in [0.3, 0.4) is 0 Å². The van der Waals surface area contributed by atoms with E-state index in [4.69, 9.17) is 16.3 Å². The van der Waals surface area contributed by atoms with Gasteiger partial charge in [0.15, 0.2) is 0 Å². The Morgan fingerprint density at radius 3 is 2.53 bits per heavy atom. The third kappa shape index (κ3) is 2.92. The fraction of sp³-hybridized carbons (Fsp3) is 0.0909. The first-order valence-corrected chi connectivity index (χ1v) is 4.86. The summed E-state index contributed by atoms with van der Waals surface area (Å²) in [7, 11) is 0. The molecule has 1 aromatic carbocycles. The van der Waals surface area contributed by atoms with E-state index in [2.05, 4.69) is 9.97 Å². The van der Waals surface area contributed by atoms with Crippen molar-refractivity contribution < 1.29 is 4.74 Å². The molecule has 4 heteroatoms. The van der Waals surface area contributed by atoms with Crippen LogP contribution in [0.4, 0.5) is 0 Å². The fourth-order valence-electron chi connectivity index (χ4n) is 1.11. The molecule has 76 valence electrons. The van der Waals surface area contributed by atoms with Crippen LogP contribution in [0.25, 0.3) is 0 Å². The Morgan fingerprint density at radius 2 is 1.87 bits per heavy atom. The lowest BCUT2D eigenvalue weighted by Gasteiger charge is -2.03. The van der Waals surface area contributed by atoms with Gasteiger partial charge in [-0.05, 0) is 5.56 Å². The van der Waals surface area contributed by atoms with Gasteiger partial charge in [0.05, 0.1) is 12.4 Å². The summed E-state index contributed by atoms with van der Waals surface area (Å²) in [6.07, 6.45) is 2.97. The summed E-state index contributed by atoms with van der Waals surface area (Å²) in [5.41, 5.74) is 1.09. The molecule has 0 amide bonds. The summed E-state index contributed by atoms with van der Waals surface area (Å²) < 4.78 is 5.41. The van der Waals surface area contributed by atoms with Crippen molar-refractivity contribution in [1.82, 2.24) is 9.97 Å². The molecule has 0 saturated heterocycles. The molecule has 2 aromatic rings. The molecule has 0 aliphatic heterocycles. The molecule has 2 rings (SSSR count). The van der Waals surface area contributed by atoms with E-state index in [1.807, 2.05) is 30.3 Å². The van der Waals surface area contributed by atoms with E-state index in [-0.39, 0.29) is 0 Å². The van der Waals surface area contributed by atoms with Crippen molar-refractivity contribution >= 4 is 11.6 Å². The van der Waals surface area contributed by atoms with Crippen LogP contribution in [0, 0.1) is 0 Å². The van der Waals surface area contributed by atoms with Crippen LogP contribution in [0.5, 0.6) is 5.88 Å². The second kappa shape index (κ2) is 4.75. The molecule has 1 aromatic heterocycles. The molecule has 15 heavy (non-hydrogen) atoms. The van der Waals surface area contributed by atoms with Gasteiger partial charge in [0.2, 0.25) is 5.88 Å². The maximum atomic E-state index is 5.60. The highest BCUT2D eigenvalue weighted by atomic mass is 35.5. The molecule has 1 heterocycles. The third-order valence-electron chi connectivity index (χ3n) is 1.83. The Hall–Kier alpha value is -1.61. The molecule has 0 N–H and O–H groups in total. The lowest BCUT2D eigenvalue weighted by molar-refractivity contribution is 0.292. The standard InChI is InChI=1S/C11H9ClN2O/c12-10-6-14-11(7-13-10)15-8-9-4-2-1-3-5-9/h1-7H,8H2. The summed E-state index contributed by atoms with van der Waals surface area (Å²) in [5.74, 6) is 0.475. The van der Waals surface area contributed by atoms with Gasteiger partial charge >= 0.3 is 0 Å². The van der Waals surface area contributed by atoms with Gasteiger partial charge in [-0.2, -0.15) is 0 Å². The van der Waals surface area contributed by atoms with Crippen LogP contribution in [0.1, 0.15) is 5.56 Å². The van der Waals surface area contributed by atoms with E-state index in [0.29, 0.717) is 17.6 Å². The van der Waals surface area contributed by atoms with E-state index in [0.717, 1.165) is 5.56 Å². The van der Waals surface area contributed by atoms with Gasteiger partial charge in [-0.15, -0.1) is 0 Å². The Morgan fingerprint density at radius 1 is 1.07 bits per heavy atom. The highest BCUT2D eigenvalue weighted by Gasteiger charge is 1.97. The van der Waals surface area contributed by atoms with E-state index < -0.39 is 0 Å². The molecule has 0 atom stereocenters. The number of benzene rings is 1. The monoisotopic (exact) mass is 220 g/mol. The molecule has 0 aliphatic carbocycles. The van der Waals surface area contributed by atoms with Gasteiger partial charge in [0.1, 0.15) is 11.8 Å². The number of nitrogens with zero attached hydrogens (tertiary/aromatic N) is 2. The minimum atomic E-state index is 0.363. The molecule has 0 spiro atoms. The minimum absolute atomic E-state index is 0.363. The van der Waals surface area contributed by atoms with Crippen molar-refractivity contribution in [3.63, 3.8) is 0 Å². The normalized spacial score (nSPS) is 9.93. The predicted molar refractivity (Wildman–Crippen MR) is 57.8 cm³/mol. The molecule has 3 nitrogen and oxygen atoms in total. The second-order valence-corrected chi connectivity index (χ2v) is 3.34. The molecule has 0 unspecified atom stereocenters. The topological polar surface area (TPSA) is 35.0 Å². The van der Waals surface area contributed by atoms with E-state index >= 15 is 0 Å². The molecular formula is C11H9ClN2O. The lowest BCUT2D eigenvalue weighted by Crippen LogP contribution is -1.97. The molecule has 0 saturated carbocycles. The highest BCUT2D eigenvalue weighted by Crippen LogP contribution is 2.09. The van der Waals surface area contributed by atoms with Crippen LogP contribution in [0.15, 0.2) is 42.7 Å². The average Bonchev–Trinajstić information content (AvgIpc) is 2.30. The first-order chi connectivity index (χ1) is 7.34. The number of rotatable bonds is 3. The maximum Gasteiger partial charge on any atom is 0.232 e. The zero-order chi connectivity index (χ0) is 10.5. The van der Waals surface area contributed by atoms with Crippen LogP contribution >= 0.6 is 11.6 Å². The van der Waals surface area contributed by atoms with Crippen molar-refractivity contribution in [3.8, 4) is 5.88 Å². The van der Waals surface area contributed by atoms with Crippen molar-refractivity contribution in [3.05, 3.63) is 53.4 Å². The summed E-state index contributed by atoms with van der Waals surface area (Å²) in [6, 6.07) is 9.87. The second-order valence-electron chi connectivity index (χ2n) is 2.95. The van der Waals surface area contributed by atoms with Gasteiger partial charge in [-0.3, -0.25) is 0 Å². The lowest BCUT2D eigenvalue weighted by atomic mass is 10.2. The quantitative estimate of drug-likeness (QED) is 0.798. The number of aromatic nitrogens is 2. The average molecular weight is 221 g/mol. The largest absolute Gasteiger partial charge is 0.472 e. The first-order valence-electron chi connectivity index (χ1n) is 4.49. The van der Waals surface area contributed by atoms with Crippen molar-refractivity contribution in [2.24, 2.45) is 0 Å².